The maximum atomic E-state index is 14.8. The largest absolute Gasteiger partial charge is 0.207 e. The minimum Gasteiger partial charge on any atom is -0.207 e. The van der Waals surface area contributed by atoms with E-state index in [9.17, 15) is 8.78 Å². The highest BCUT2D eigenvalue weighted by Crippen LogP contribution is 2.49. The monoisotopic (exact) mass is 370 g/mol. The highest BCUT2D eigenvalue weighted by Gasteiger charge is 2.36. The fourth-order valence-electron chi connectivity index (χ4n) is 5.81. The molecule has 2 aliphatic carbocycles. The molecule has 0 saturated heterocycles. The van der Waals surface area contributed by atoms with E-state index in [-0.39, 0.29) is 11.6 Å². The Balaban J connectivity index is 1.45. The van der Waals surface area contributed by atoms with Crippen LogP contribution in [0.25, 0.3) is 10.8 Å². The number of halogens is 2. The lowest BCUT2D eigenvalue weighted by Crippen LogP contribution is -2.30. The third kappa shape index (κ3) is 4.05. The summed E-state index contributed by atoms with van der Waals surface area (Å²) >= 11 is 0. The molecule has 0 radical (unpaired) electrons. The van der Waals surface area contributed by atoms with Gasteiger partial charge in [0, 0.05) is 5.39 Å². The summed E-state index contributed by atoms with van der Waals surface area (Å²) in [6.45, 7) is 2.28. The minimum absolute atomic E-state index is 0.218. The molecule has 2 fully saturated rings. The van der Waals surface area contributed by atoms with Gasteiger partial charge < -0.3 is 0 Å². The van der Waals surface area contributed by atoms with Gasteiger partial charge in [0.05, 0.1) is 0 Å². The molecule has 0 aliphatic heterocycles. The Morgan fingerprint density at radius 2 is 1.70 bits per heavy atom. The molecule has 0 amide bonds. The Kier molecular flexibility index (Phi) is 5.80. The summed E-state index contributed by atoms with van der Waals surface area (Å²) < 4.78 is 28.7. The first-order valence-electron chi connectivity index (χ1n) is 11.0. The van der Waals surface area contributed by atoms with Crippen LogP contribution in [0.5, 0.6) is 0 Å². The zero-order valence-electron chi connectivity index (χ0n) is 16.5. The molecule has 2 aliphatic rings. The van der Waals surface area contributed by atoms with Gasteiger partial charge in [-0.15, -0.1) is 0 Å². The molecule has 0 aromatic heterocycles. The van der Waals surface area contributed by atoms with E-state index in [1.54, 1.807) is 6.07 Å². The lowest BCUT2D eigenvalue weighted by atomic mass is 9.63. The molecule has 2 aromatic rings. The standard InChI is InChI=1S/C25H32F2/c1-2-3-4-6-17-9-10-19-14-21(12-11-18(19)13-17)22-15-20-7-5-8-24(26)23(20)16-25(22)27/h5,7-8,15-19,21H,2-4,6,9-14H2,1H3. The Morgan fingerprint density at radius 3 is 2.56 bits per heavy atom. The van der Waals surface area contributed by atoms with Crippen molar-refractivity contribution in [3.8, 4) is 0 Å². The predicted octanol–water partition coefficient (Wildman–Crippen LogP) is 8.00. The van der Waals surface area contributed by atoms with Gasteiger partial charge in [-0.3, -0.25) is 0 Å². The van der Waals surface area contributed by atoms with Crippen LogP contribution in [0, 0.1) is 29.4 Å². The van der Waals surface area contributed by atoms with Crippen LogP contribution in [0.1, 0.15) is 82.6 Å². The molecular formula is C25H32F2. The van der Waals surface area contributed by atoms with Crippen LogP contribution in [0.3, 0.4) is 0 Å². The van der Waals surface area contributed by atoms with E-state index in [1.807, 2.05) is 12.1 Å². The Hall–Kier alpha value is -1.44. The van der Waals surface area contributed by atoms with Crippen LogP contribution in [0.4, 0.5) is 8.78 Å². The van der Waals surface area contributed by atoms with Gasteiger partial charge in [0.15, 0.2) is 0 Å². The fourth-order valence-corrected chi connectivity index (χ4v) is 5.81. The number of hydrogen-bond donors (Lipinski definition) is 0. The third-order valence-corrected chi connectivity index (χ3v) is 7.32. The molecule has 4 atom stereocenters. The minimum atomic E-state index is -0.331. The van der Waals surface area contributed by atoms with Crippen molar-refractivity contribution in [2.75, 3.05) is 0 Å². The Morgan fingerprint density at radius 1 is 0.889 bits per heavy atom. The first kappa shape index (κ1) is 18.9. The highest BCUT2D eigenvalue weighted by molar-refractivity contribution is 5.84. The summed E-state index contributed by atoms with van der Waals surface area (Å²) in [5.74, 6) is 2.29. The maximum Gasteiger partial charge on any atom is 0.131 e. The van der Waals surface area contributed by atoms with Crippen molar-refractivity contribution in [2.45, 2.75) is 77.0 Å². The van der Waals surface area contributed by atoms with Crippen molar-refractivity contribution in [1.82, 2.24) is 0 Å². The molecule has 2 aromatic carbocycles. The van der Waals surface area contributed by atoms with E-state index in [2.05, 4.69) is 6.92 Å². The number of unbranched alkanes of at least 4 members (excludes halogenated alkanes) is 2. The van der Waals surface area contributed by atoms with Crippen molar-refractivity contribution in [3.05, 3.63) is 47.5 Å². The zero-order valence-corrected chi connectivity index (χ0v) is 16.5. The molecule has 27 heavy (non-hydrogen) atoms. The molecule has 2 saturated carbocycles. The zero-order chi connectivity index (χ0) is 18.8. The van der Waals surface area contributed by atoms with Crippen molar-refractivity contribution in [1.29, 1.82) is 0 Å². The van der Waals surface area contributed by atoms with Gasteiger partial charge in [0.1, 0.15) is 11.6 Å². The van der Waals surface area contributed by atoms with Gasteiger partial charge >= 0.3 is 0 Å². The molecule has 0 spiro atoms. The molecule has 0 nitrogen and oxygen atoms in total. The second-order valence-corrected chi connectivity index (χ2v) is 9.04. The second kappa shape index (κ2) is 8.29. The lowest BCUT2D eigenvalue weighted by molar-refractivity contribution is 0.112. The SMILES string of the molecule is CCCCCC1CCC2CC(c3cc4cccc(F)c4cc3F)CCC2C1. The molecule has 2 heteroatoms. The molecule has 4 rings (SSSR count). The van der Waals surface area contributed by atoms with Crippen LogP contribution in [0.15, 0.2) is 30.3 Å². The van der Waals surface area contributed by atoms with Crippen molar-refractivity contribution >= 4 is 10.8 Å². The summed E-state index contributed by atoms with van der Waals surface area (Å²) in [7, 11) is 0. The van der Waals surface area contributed by atoms with Crippen LogP contribution in [-0.2, 0) is 0 Å². The van der Waals surface area contributed by atoms with Gasteiger partial charge in [-0.2, -0.15) is 0 Å². The predicted molar refractivity (Wildman–Crippen MR) is 109 cm³/mol. The van der Waals surface area contributed by atoms with E-state index in [0.717, 1.165) is 41.5 Å². The first-order valence-corrected chi connectivity index (χ1v) is 11.0. The van der Waals surface area contributed by atoms with Crippen molar-refractivity contribution in [2.24, 2.45) is 17.8 Å². The number of fused-ring (bicyclic) bond motifs is 2. The molecule has 0 N–H and O–H groups in total. The molecule has 0 heterocycles. The maximum absolute atomic E-state index is 14.8. The second-order valence-electron chi connectivity index (χ2n) is 9.04. The summed E-state index contributed by atoms with van der Waals surface area (Å²) in [4.78, 5) is 0. The van der Waals surface area contributed by atoms with Crippen molar-refractivity contribution in [3.63, 3.8) is 0 Å². The Bertz CT molecular complexity index is 781. The summed E-state index contributed by atoms with van der Waals surface area (Å²) in [5, 5.41) is 1.23. The van der Waals surface area contributed by atoms with Crippen LogP contribution >= 0.6 is 0 Å². The average Bonchev–Trinajstić information content (AvgIpc) is 2.68. The van der Waals surface area contributed by atoms with Crippen molar-refractivity contribution < 1.29 is 8.78 Å². The normalized spacial score (nSPS) is 28.3. The smallest absolute Gasteiger partial charge is 0.131 e. The summed E-state index contributed by atoms with van der Waals surface area (Å²) in [5.41, 5.74) is 0.816. The van der Waals surface area contributed by atoms with Gasteiger partial charge in [0.25, 0.3) is 0 Å². The molecule has 4 unspecified atom stereocenters. The van der Waals surface area contributed by atoms with E-state index in [0.29, 0.717) is 11.3 Å². The van der Waals surface area contributed by atoms with Gasteiger partial charge in [-0.1, -0.05) is 51.2 Å². The lowest BCUT2D eigenvalue weighted by Gasteiger charge is -2.42. The van der Waals surface area contributed by atoms with Gasteiger partial charge in [-0.05, 0) is 84.9 Å². The van der Waals surface area contributed by atoms with Crippen LogP contribution < -0.4 is 0 Å². The fraction of sp³-hybridized carbons (Fsp3) is 0.600. The van der Waals surface area contributed by atoms with Gasteiger partial charge in [0.2, 0.25) is 0 Å². The summed E-state index contributed by atoms with van der Waals surface area (Å²) in [6, 6.07) is 8.35. The van der Waals surface area contributed by atoms with Gasteiger partial charge in [-0.25, -0.2) is 8.78 Å². The Labute approximate surface area is 162 Å². The topological polar surface area (TPSA) is 0 Å². The quantitative estimate of drug-likeness (QED) is 0.468. The van der Waals surface area contributed by atoms with E-state index >= 15 is 0 Å². The van der Waals surface area contributed by atoms with E-state index < -0.39 is 0 Å². The third-order valence-electron chi connectivity index (χ3n) is 7.32. The number of benzene rings is 2. The number of rotatable bonds is 5. The van der Waals surface area contributed by atoms with E-state index in [4.69, 9.17) is 0 Å². The first-order chi connectivity index (χ1) is 13.2. The van der Waals surface area contributed by atoms with E-state index in [1.165, 1.54) is 63.5 Å². The molecule has 0 bridgehead atoms. The summed E-state index contributed by atoms with van der Waals surface area (Å²) in [6.07, 6.45) is 13.0. The van der Waals surface area contributed by atoms with Crippen LogP contribution in [0.2, 0.25) is 0 Å². The highest BCUT2D eigenvalue weighted by atomic mass is 19.1. The van der Waals surface area contributed by atoms with Crippen LogP contribution in [-0.4, -0.2) is 0 Å². The molecule has 146 valence electrons. The molecular weight excluding hydrogens is 338 g/mol. The number of hydrogen-bond acceptors (Lipinski definition) is 0. The average molecular weight is 371 g/mol.